The van der Waals surface area contributed by atoms with Gasteiger partial charge in [-0.15, -0.1) is 0 Å². The highest BCUT2D eigenvalue weighted by Gasteiger charge is 2.16. The Morgan fingerprint density at radius 1 is 1.16 bits per heavy atom. The lowest BCUT2D eigenvalue weighted by molar-refractivity contribution is 0.0963. The molecule has 1 nitrogen and oxygen atoms in total. The van der Waals surface area contributed by atoms with Gasteiger partial charge in [0.15, 0.2) is 5.78 Å². The second kappa shape index (κ2) is 6.88. The molecular formula is C18H26O. The molecule has 1 atom stereocenters. The molecule has 104 valence electrons. The Balaban J connectivity index is 1.99. The molecule has 1 aliphatic rings. The van der Waals surface area contributed by atoms with Crippen molar-refractivity contribution in [3.05, 3.63) is 35.4 Å². The number of benzene rings is 1. The molecule has 1 heteroatoms. The summed E-state index contributed by atoms with van der Waals surface area (Å²) in [5, 5.41) is 0. The molecule has 1 fully saturated rings. The van der Waals surface area contributed by atoms with Crippen molar-refractivity contribution in [2.24, 2.45) is 5.92 Å². The van der Waals surface area contributed by atoms with Crippen molar-refractivity contribution in [3.63, 3.8) is 0 Å². The number of hydrogen-bond acceptors (Lipinski definition) is 1. The third-order valence-electron chi connectivity index (χ3n) is 4.54. The summed E-state index contributed by atoms with van der Waals surface area (Å²) >= 11 is 0. The molecule has 0 aromatic heterocycles. The fourth-order valence-corrected chi connectivity index (χ4v) is 2.96. The SMILES string of the molecule is CCC(C)CC(=O)c1ccc(C2CCCCC2)cc1. The van der Waals surface area contributed by atoms with Crippen LogP contribution in [0.1, 0.15) is 80.6 Å². The van der Waals surface area contributed by atoms with E-state index in [9.17, 15) is 4.79 Å². The van der Waals surface area contributed by atoms with Gasteiger partial charge in [-0.3, -0.25) is 4.79 Å². The lowest BCUT2D eigenvalue weighted by Crippen LogP contribution is -2.07. The summed E-state index contributed by atoms with van der Waals surface area (Å²) in [4.78, 5) is 12.1. The second-order valence-electron chi connectivity index (χ2n) is 6.10. The maximum Gasteiger partial charge on any atom is 0.163 e. The van der Waals surface area contributed by atoms with Crippen LogP contribution < -0.4 is 0 Å². The number of rotatable bonds is 5. The van der Waals surface area contributed by atoms with Gasteiger partial charge in [0.1, 0.15) is 0 Å². The van der Waals surface area contributed by atoms with E-state index in [1.165, 1.54) is 37.7 Å². The van der Waals surface area contributed by atoms with E-state index in [-0.39, 0.29) is 0 Å². The summed E-state index contributed by atoms with van der Waals surface area (Å²) in [6, 6.07) is 8.43. The lowest BCUT2D eigenvalue weighted by atomic mass is 9.83. The highest BCUT2D eigenvalue weighted by atomic mass is 16.1. The zero-order valence-corrected chi connectivity index (χ0v) is 12.3. The van der Waals surface area contributed by atoms with Crippen LogP contribution in [0.25, 0.3) is 0 Å². The van der Waals surface area contributed by atoms with Gasteiger partial charge < -0.3 is 0 Å². The van der Waals surface area contributed by atoms with E-state index in [1.54, 1.807) is 0 Å². The first-order valence-corrected chi connectivity index (χ1v) is 7.84. The van der Waals surface area contributed by atoms with Crippen molar-refractivity contribution >= 4 is 5.78 Å². The van der Waals surface area contributed by atoms with Crippen LogP contribution >= 0.6 is 0 Å². The Hall–Kier alpha value is -1.11. The number of carbonyl (C=O) groups is 1. The predicted molar refractivity (Wildman–Crippen MR) is 80.7 cm³/mol. The van der Waals surface area contributed by atoms with E-state index < -0.39 is 0 Å². The molecule has 19 heavy (non-hydrogen) atoms. The maximum atomic E-state index is 12.1. The summed E-state index contributed by atoms with van der Waals surface area (Å²) in [5.74, 6) is 1.52. The van der Waals surface area contributed by atoms with E-state index in [4.69, 9.17) is 0 Å². The zero-order chi connectivity index (χ0) is 13.7. The molecule has 1 unspecified atom stereocenters. The predicted octanol–water partition coefficient (Wildman–Crippen LogP) is 5.35. The van der Waals surface area contributed by atoms with Crippen molar-refractivity contribution in [1.29, 1.82) is 0 Å². The van der Waals surface area contributed by atoms with Crippen LogP contribution in [-0.4, -0.2) is 5.78 Å². The molecule has 1 saturated carbocycles. The fraction of sp³-hybridized carbons (Fsp3) is 0.611. The van der Waals surface area contributed by atoms with Gasteiger partial charge in [-0.1, -0.05) is 63.8 Å². The molecule has 0 radical (unpaired) electrons. The third-order valence-corrected chi connectivity index (χ3v) is 4.54. The van der Waals surface area contributed by atoms with E-state index in [0.29, 0.717) is 18.1 Å². The highest BCUT2D eigenvalue weighted by Crippen LogP contribution is 2.32. The van der Waals surface area contributed by atoms with Crippen molar-refractivity contribution in [2.75, 3.05) is 0 Å². The second-order valence-corrected chi connectivity index (χ2v) is 6.10. The van der Waals surface area contributed by atoms with Crippen LogP contribution in [0.2, 0.25) is 0 Å². The summed E-state index contributed by atoms with van der Waals surface area (Å²) in [6.07, 6.45) is 8.51. The Morgan fingerprint density at radius 2 is 1.79 bits per heavy atom. The maximum absolute atomic E-state index is 12.1. The Labute approximate surface area is 117 Å². The van der Waals surface area contributed by atoms with Crippen LogP contribution in [-0.2, 0) is 0 Å². The average Bonchev–Trinajstić information content (AvgIpc) is 2.48. The first kappa shape index (κ1) is 14.3. The average molecular weight is 258 g/mol. The Bertz CT molecular complexity index is 398. The van der Waals surface area contributed by atoms with E-state index in [1.807, 2.05) is 12.1 Å². The molecule has 0 aliphatic heterocycles. The van der Waals surface area contributed by atoms with Gasteiger partial charge in [0.25, 0.3) is 0 Å². The van der Waals surface area contributed by atoms with Gasteiger partial charge in [0, 0.05) is 12.0 Å². The quantitative estimate of drug-likeness (QED) is 0.650. The minimum absolute atomic E-state index is 0.296. The largest absolute Gasteiger partial charge is 0.294 e. The molecule has 0 N–H and O–H groups in total. The van der Waals surface area contributed by atoms with Crippen LogP contribution in [0.4, 0.5) is 0 Å². The lowest BCUT2D eigenvalue weighted by Gasteiger charge is -2.22. The standard InChI is InChI=1S/C18H26O/c1-3-14(2)13-18(19)17-11-9-16(10-12-17)15-7-5-4-6-8-15/h9-12,14-15H,3-8,13H2,1-2H3. The van der Waals surface area contributed by atoms with Crippen molar-refractivity contribution in [2.45, 2.75) is 64.7 Å². The van der Waals surface area contributed by atoms with Crippen LogP contribution in [0.5, 0.6) is 0 Å². The molecule has 0 spiro atoms. The van der Waals surface area contributed by atoms with Gasteiger partial charge in [-0.05, 0) is 30.2 Å². The van der Waals surface area contributed by atoms with Gasteiger partial charge in [-0.2, -0.15) is 0 Å². The van der Waals surface area contributed by atoms with Gasteiger partial charge >= 0.3 is 0 Å². The molecule has 1 aromatic carbocycles. The van der Waals surface area contributed by atoms with Gasteiger partial charge in [0.2, 0.25) is 0 Å². The molecule has 1 aromatic rings. The summed E-state index contributed by atoms with van der Waals surface area (Å²) in [6.45, 7) is 4.29. The van der Waals surface area contributed by atoms with Crippen molar-refractivity contribution in [1.82, 2.24) is 0 Å². The molecule has 0 saturated heterocycles. The van der Waals surface area contributed by atoms with E-state index >= 15 is 0 Å². The molecular weight excluding hydrogens is 232 g/mol. The first-order chi connectivity index (χ1) is 9.20. The summed E-state index contributed by atoms with van der Waals surface area (Å²) in [7, 11) is 0. The minimum Gasteiger partial charge on any atom is -0.294 e. The Kier molecular flexibility index (Phi) is 5.18. The number of carbonyl (C=O) groups excluding carboxylic acids is 1. The normalized spacial score (nSPS) is 18.2. The molecule has 1 aliphatic carbocycles. The summed E-state index contributed by atoms with van der Waals surface area (Å²) < 4.78 is 0. The summed E-state index contributed by atoms with van der Waals surface area (Å²) in [5.41, 5.74) is 2.32. The molecule has 2 rings (SSSR count). The zero-order valence-electron chi connectivity index (χ0n) is 12.3. The number of hydrogen-bond donors (Lipinski definition) is 0. The van der Waals surface area contributed by atoms with E-state index in [2.05, 4.69) is 26.0 Å². The first-order valence-electron chi connectivity index (χ1n) is 7.84. The van der Waals surface area contributed by atoms with Gasteiger partial charge in [-0.25, -0.2) is 0 Å². The third kappa shape index (κ3) is 3.92. The fourth-order valence-electron chi connectivity index (χ4n) is 2.96. The minimum atomic E-state index is 0.296. The number of Topliss-reactive ketones (excluding diaryl/α,β-unsaturated/α-hetero) is 1. The highest BCUT2D eigenvalue weighted by molar-refractivity contribution is 5.96. The van der Waals surface area contributed by atoms with Crippen LogP contribution in [0.3, 0.4) is 0 Å². The molecule has 0 amide bonds. The molecule has 0 heterocycles. The topological polar surface area (TPSA) is 17.1 Å². The smallest absolute Gasteiger partial charge is 0.163 e. The van der Waals surface area contributed by atoms with Crippen molar-refractivity contribution < 1.29 is 4.79 Å². The number of ketones is 1. The molecule has 0 bridgehead atoms. The monoisotopic (exact) mass is 258 g/mol. The van der Waals surface area contributed by atoms with E-state index in [0.717, 1.165) is 17.9 Å². The Morgan fingerprint density at radius 3 is 2.37 bits per heavy atom. The van der Waals surface area contributed by atoms with Crippen LogP contribution in [0, 0.1) is 5.92 Å². The van der Waals surface area contributed by atoms with Crippen LogP contribution in [0.15, 0.2) is 24.3 Å². The van der Waals surface area contributed by atoms with Gasteiger partial charge in [0.05, 0.1) is 0 Å². The van der Waals surface area contributed by atoms with Crippen molar-refractivity contribution in [3.8, 4) is 0 Å².